The number of hydrogen-bond acceptors (Lipinski definition) is 3. The van der Waals surface area contributed by atoms with Crippen LogP contribution in [0.3, 0.4) is 0 Å². The highest BCUT2D eigenvalue weighted by atomic mass is 16.2. The predicted molar refractivity (Wildman–Crippen MR) is 83.2 cm³/mol. The van der Waals surface area contributed by atoms with E-state index in [0.29, 0.717) is 13.1 Å². The van der Waals surface area contributed by atoms with Crippen molar-refractivity contribution in [2.75, 3.05) is 38.5 Å². The number of carbonyl (C=O) groups excluding carboxylic acids is 2. The molecule has 1 aromatic carbocycles. The molecular formula is C16H23N3O2. The van der Waals surface area contributed by atoms with Gasteiger partial charge >= 0.3 is 0 Å². The second-order valence-corrected chi connectivity index (χ2v) is 5.71. The van der Waals surface area contributed by atoms with Crippen LogP contribution in [0.15, 0.2) is 18.2 Å². The predicted octanol–water partition coefficient (Wildman–Crippen LogP) is 1.41. The van der Waals surface area contributed by atoms with Gasteiger partial charge in [-0.15, -0.1) is 0 Å². The van der Waals surface area contributed by atoms with E-state index >= 15 is 0 Å². The van der Waals surface area contributed by atoms with E-state index in [1.54, 1.807) is 4.90 Å². The number of nitrogens with one attached hydrogen (secondary N) is 1. The molecule has 1 aromatic rings. The topological polar surface area (TPSA) is 52.7 Å². The van der Waals surface area contributed by atoms with Gasteiger partial charge in [-0.3, -0.25) is 9.59 Å². The van der Waals surface area contributed by atoms with Crippen LogP contribution in [0.2, 0.25) is 0 Å². The lowest BCUT2D eigenvalue weighted by Crippen LogP contribution is -2.47. The number of carbonyl (C=O) groups is 2. The molecule has 2 amide bonds. The Balaban J connectivity index is 1.86. The van der Waals surface area contributed by atoms with Crippen LogP contribution >= 0.6 is 0 Å². The zero-order valence-corrected chi connectivity index (χ0v) is 13.0. The van der Waals surface area contributed by atoms with Crippen LogP contribution in [0.25, 0.3) is 0 Å². The van der Waals surface area contributed by atoms with Gasteiger partial charge in [0.2, 0.25) is 11.8 Å². The molecule has 1 heterocycles. The summed E-state index contributed by atoms with van der Waals surface area (Å²) in [5.74, 6) is -0.341. The number of benzene rings is 1. The van der Waals surface area contributed by atoms with Gasteiger partial charge in [0.1, 0.15) is 6.42 Å². The Morgan fingerprint density at radius 3 is 2.38 bits per heavy atom. The van der Waals surface area contributed by atoms with Gasteiger partial charge in [0.05, 0.1) is 0 Å². The van der Waals surface area contributed by atoms with Crippen molar-refractivity contribution in [2.24, 2.45) is 0 Å². The SMILES string of the molecule is Cc1ccc(NC(=O)CC(=O)N2CCN(C)CC2)cc1C. The molecule has 1 aliphatic heterocycles. The number of piperazine rings is 1. The van der Waals surface area contributed by atoms with Crippen molar-refractivity contribution in [2.45, 2.75) is 20.3 Å². The van der Waals surface area contributed by atoms with Crippen LogP contribution in [0.5, 0.6) is 0 Å². The molecule has 0 aliphatic carbocycles. The van der Waals surface area contributed by atoms with Crippen molar-refractivity contribution in [3.8, 4) is 0 Å². The summed E-state index contributed by atoms with van der Waals surface area (Å²) in [6, 6.07) is 5.75. The molecule has 0 radical (unpaired) electrons. The highest BCUT2D eigenvalue weighted by Crippen LogP contribution is 2.14. The summed E-state index contributed by atoms with van der Waals surface area (Å²) >= 11 is 0. The van der Waals surface area contributed by atoms with E-state index in [-0.39, 0.29) is 18.2 Å². The highest BCUT2D eigenvalue weighted by Gasteiger charge is 2.21. The summed E-state index contributed by atoms with van der Waals surface area (Å²) in [6.45, 7) is 7.16. The first-order chi connectivity index (χ1) is 9.95. The maximum atomic E-state index is 12.1. The first-order valence-corrected chi connectivity index (χ1v) is 7.29. The van der Waals surface area contributed by atoms with Crippen molar-refractivity contribution in [1.29, 1.82) is 0 Å². The first kappa shape index (κ1) is 15.5. The molecule has 5 heteroatoms. The molecule has 1 saturated heterocycles. The smallest absolute Gasteiger partial charge is 0.233 e. The van der Waals surface area contributed by atoms with Gasteiger partial charge in [-0.2, -0.15) is 0 Å². The fourth-order valence-corrected chi connectivity index (χ4v) is 2.33. The third kappa shape index (κ3) is 4.29. The third-order valence-corrected chi connectivity index (χ3v) is 3.96. The minimum Gasteiger partial charge on any atom is -0.340 e. The number of aryl methyl sites for hydroxylation is 2. The Bertz CT molecular complexity index is 534. The molecule has 21 heavy (non-hydrogen) atoms. The highest BCUT2D eigenvalue weighted by molar-refractivity contribution is 6.03. The summed E-state index contributed by atoms with van der Waals surface area (Å²) in [5.41, 5.74) is 3.05. The monoisotopic (exact) mass is 289 g/mol. The molecule has 1 N–H and O–H groups in total. The van der Waals surface area contributed by atoms with Gasteiger partial charge in [-0.05, 0) is 44.2 Å². The third-order valence-electron chi connectivity index (χ3n) is 3.96. The van der Waals surface area contributed by atoms with Crippen molar-refractivity contribution < 1.29 is 9.59 Å². The van der Waals surface area contributed by atoms with Gasteiger partial charge < -0.3 is 15.1 Å². The van der Waals surface area contributed by atoms with Crippen molar-refractivity contribution >= 4 is 17.5 Å². The molecule has 5 nitrogen and oxygen atoms in total. The van der Waals surface area contributed by atoms with Gasteiger partial charge in [0.15, 0.2) is 0 Å². The Labute approximate surface area is 125 Å². The molecule has 0 unspecified atom stereocenters. The number of likely N-dealkylation sites (N-methyl/N-ethyl adjacent to an activating group) is 1. The first-order valence-electron chi connectivity index (χ1n) is 7.29. The lowest BCUT2D eigenvalue weighted by atomic mass is 10.1. The maximum absolute atomic E-state index is 12.1. The van der Waals surface area contributed by atoms with E-state index in [2.05, 4.69) is 10.2 Å². The Morgan fingerprint density at radius 2 is 1.76 bits per heavy atom. The average Bonchev–Trinajstić information content (AvgIpc) is 2.43. The molecule has 0 spiro atoms. The molecule has 1 fully saturated rings. The Morgan fingerprint density at radius 1 is 1.10 bits per heavy atom. The fraction of sp³-hybridized carbons (Fsp3) is 0.500. The van der Waals surface area contributed by atoms with E-state index < -0.39 is 0 Å². The molecule has 1 aliphatic rings. The second kappa shape index (κ2) is 6.72. The molecule has 0 aromatic heterocycles. The lowest BCUT2D eigenvalue weighted by Gasteiger charge is -2.32. The molecule has 2 rings (SSSR count). The van der Waals surface area contributed by atoms with Crippen molar-refractivity contribution in [3.63, 3.8) is 0 Å². The average molecular weight is 289 g/mol. The van der Waals surface area contributed by atoms with Crippen LogP contribution in [-0.2, 0) is 9.59 Å². The van der Waals surface area contributed by atoms with Crippen LogP contribution in [0, 0.1) is 13.8 Å². The summed E-state index contributed by atoms with van der Waals surface area (Å²) in [6.07, 6.45) is -0.0867. The van der Waals surface area contributed by atoms with E-state index in [1.807, 2.05) is 39.1 Å². The summed E-state index contributed by atoms with van der Waals surface area (Å²) in [7, 11) is 2.04. The number of hydrogen-bond donors (Lipinski definition) is 1. The zero-order valence-electron chi connectivity index (χ0n) is 13.0. The van der Waals surface area contributed by atoms with Crippen LogP contribution < -0.4 is 5.32 Å². The molecule has 0 saturated carbocycles. The van der Waals surface area contributed by atoms with Gasteiger partial charge in [-0.25, -0.2) is 0 Å². The van der Waals surface area contributed by atoms with Crippen LogP contribution in [0.1, 0.15) is 17.5 Å². The fourth-order valence-electron chi connectivity index (χ4n) is 2.33. The van der Waals surface area contributed by atoms with E-state index in [4.69, 9.17) is 0 Å². The van der Waals surface area contributed by atoms with E-state index in [9.17, 15) is 9.59 Å². The van der Waals surface area contributed by atoms with Gasteiger partial charge in [0.25, 0.3) is 0 Å². The lowest BCUT2D eigenvalue weighted by molar-refractivity contribution is -0.135. The summed E-state index contributed by atoms with van der Waals surface area (Å²) in [4.78, 5) is 28.0. The summed E-state index contributed by atoms with van der Waals surface area (Å²) < 4.78 is 0. The molecular weight excluding hydrogens is 266 g/mol. The normalized spacial score (nSPS) is 15.9. The standard InChI is InChI=1S/C16H23N3O2/c1-12-4-5-14(10-13(12)2)17-15(20)11-16(21)19-8-6-18(3)7-9-19/h4-5,10H,6-9,11H2,1-3H3,(H,17,20). The van der Waals surface area contributed by atoms with Crippen LogP contribution in [-0.4, -0.2) is 54.8 Å². The summed E-state index contributed by atoms with van der Waals surface area (Å²) in [5, 5.41) is 2.79. The quantitative estimate of drug-likeness (QED) is 0.856. The largest absolute Gasteiger partial charge is 0.340 e. The van der Waals surface area contributed by atoms with Gasteiger partial charge in [-0.1, -0.05) is 6.07 Å². The maximum Gasteiger partial charge on any atom is 0.233 e. The number of anilines is 1. The van der Waals surface area contributed by atoms with E-state index in [1.165, 1.54) is 5.56 Å². The van der Waals surface area contributed by atoms with Crippen molar-refractivity contribution in [3.05, 3.63) is 29.3 Å². The minimum absolute atomic E-state index is 0.0867. The van der Waals surface area contributed by atoms with Gasteiger partial charge in [0, 0.05) is 31.9 Å². The zero-order chi connectivity index (χ0) is 15.4. The van der Waals surface area contributed by atoms with E-state index in [0.717, 1.165) is 24.3 Å². The molecule has 0 bridgehead atoms. The van der Waals surface area contributed by atoms with Crippen molar-refractivity contribution in [1.82, 2.24) is 9.80 Å². The number of rotatable bonds is 3. The molecule has 114 valence electrons. The Hall–Kier alpha value is -1.88. The number of amides is 2. The second-order valence-electron chi connectivity index (χ2n) is 5.71. The Kier molecular flexibility index (Phi) is 4.96. The number of nitrogens with zero attached hydrogens (tertiary/aromatic N) is 2. The molecule has 0 atom stereocenters. The minimum atomic E-state index is -0.248. The van der Waals surface area contributed by atoms with Crippen LogP contribution in [0.4, 0.5) is 5.69 Å².